The van der Waals surface area contributed by atoms with Gasteiger partial charge in [-0.25, -0.2) is 4.98 Å². The maximum absolute atomic E-state index is 12.1. The van der Waals surface area contributed by atoms with Crippen LogP contribution in [-0.2, 0) is 16.0 Å². The van der Waals surface area contributed by atoms with Crippen LogP contribution in [0.4, 0.5) is 5.13 Å². The number of carbonyl (C=O) groups excluding carboxylic acids is 1. The number of aromatic nitrogens is 1. The first-order valence-corrected chi connectivity index (χ1v) is 6.58. The number of aryl methyl sites for hydroxylation is 1. The zero-order valence-electron chi connectivity index (χ0n) is 9.86. The largest absolute Gasteiger partial charge is 0.381 e. The predicted octanol–water partition coefficient (Wildman–Crippen LogP) is 1.15. The van der Waals surface area contributed by atoms with Gasteiger partial charge in [0.1, 0.15) is 5.54 Å². The van der Waals surface area contributed by atoms with Gasteiger partial charge >= 0.3 is 0 Å². The highest BCUT2D eigenvalue weighted by Crippen LogP contribution is 2.23. The molecule has 17 heavy (non-hydrogen) atoms. The van der Waals surface area contributed by atoms with Gasteiger partial charge in [0.15, 0.2) is 5.13 Å². The molecule has 1 aliphatic rings. The highest BCUT2D eigenvalue weighted by atomic mass is 32.1. The van der Waals surface area contributed by atoms with Crippen molar-refractivity contribution in [2.45, 2.75) is 31.7 Å². The maximum Gasteiger partial charge on any atom is 0.246 e. The average Bonchev–Trinajstić information content (AvgIpc) is 2.78. The number of hydrogen-bond acceptors (Lipinski definition) is 5. The Morgan fingerprint density at radius 3 is 2.94 bits per heavy atom. The number of hydrogen-bond donors (Lipinski definition) is 2. The van der Waals surface area contributed by atoms with Crippen LogP contribution in [0, 0.1) is 0 Å². The van der Waals surface area contributed by atoms with Crippen molar-refractivity contribution in [1.82, 2.24) is 4.98 Å². The molecule has 2 heterocycles. The fourth-order valence-electron chi connectivity index (χ4n) is 1.71. The lowest BCUT2D eigenvalue weighted by Crippen LogP contribution is -2.54. The van der Waals surface area contributed by atoms with Crippen LogP contribution in [0.1, 0.15) is 24.6 Å². The topological polar surface area (TPSA) is 77.2 Å². The van der Waals surface area contributed by atoms with E-state index in [2.05, 4.69) is 17.2 Å². The highest BCUT2D eigenvalue weighted by Gasteiger charge is 2.36. The minimum atomic E-state index is -0.809. The normalized spacial score (nSPS) is 18.9. The summed E-state index contributed by atoms with van der Waals surface area (Å²) in [6.45, 7) is 3.14. The quantitative estimate of drug-likeness (QED) is 0.849. The number of nitrogens with one attached hydrogen (secondary N) is 1. The SMILES string of the molecule is CCc1cnc(NC(=O)C2(N)CCOCC2)s1. The van der Waals surface area contributed by atoms with Gasteiger partial charge in [0.2, 0.25) is 5.91 Å². The zero-order chi connectivity index (χ0) is 12.3. The smallest absolute Gasteiger partial charge is 0.246 e. The molecule has 0 saturated carbocycles. The number of thiazole rings is 1. The predicted molar refractivity (Wildman–Crippen MR) is 67.1 cm³/mol. The van der Waals surface area contributed by atoms with Crippen molar-refractivity contribution in [2.75, 3.05) is 18.5 Å². The van der Waals surface area contributed by atoms with Gasteiger partial charge in [0.25, 0.3) is 0 Å². The average molecular weight is 255 g/mol. The molecule has 1 amide bonds. The van der Waals surface area contributed by atoms with Gasteiger partial charge < -0.3 is 15.8 Å². The second kappa shape index (κ2) is 5.12. The van der Waals surface area contributed by atoms with Crippen LogP contribution >= 0.6 is 11.3 Å². The van der Waals surface area contributed by atoms with Crippen LogP contribution in [0.5, 0.6) is 0 Å². The lowest BCUT2D eigenvalue weighted by atomic mass is 9.90. The Morgan fingerprint density at radius 1 is 1.65 bits per heavy atom. The molecule has 2 rings (SSSR count). The molecule has 0 unspecified atom stereocenters. The Hall–Kier alpha value is -0.980. The molecule has 6 heteroatoms. The van der Waals surface area contributed by atoms with Gasteiger partial charge in [0.05, 0.1) is 0 Å². The van der Waals surface area contributed by atoms with Crippen LogP contribution in [0.3, 0.4) is 0 Å². The van der Waals surface area contributed by atoms with E-state index in [0.717, 1.165) is 11.3 Å². The standard InChI is InChI=1S/C11H17N3O2S/c1-2-8-7-13-10(17-8)14-9(15)11(12)3-5-16-6-4-11/h7H,2-6,12H2,1H3,(H,13,14,15). The third kappa shape index (κ3) is 2.83. The van der Waals surface area contributed by atoms with E-state index >= 15 is 0 Å². The summed E-state index contributed by atoms with van der Waals surface area (Å²) < 4.78 is 5.21. The van der Waals surface area contributed by atoms with Gasteiger partial charge in [-0.1, -0.05) is 6.92 Å². The minimum absolute atomic E-state index is 0.155. The first-order chi connectivity index (χ1) is 8.14. The Kier molecular flexibility index (Phi) is 3.76. The highest BCUT2D eigenvalue weighted by molar-refractivity contribution is 7.15. The Balaban J connectivity index is 2.00. The van der Waals surface area contributed by atoms with Crippen molar-refractivity contribution in [3.63, 3.8) is 0 Å². The zero-order valence-corrected chi connectivity index (χ0v) is 10.7. The van der Waals surface area contributed by atoms with Gasteiger partial charge in [-0.3, -0.25) is 4.79 Å². The molecule has 0 atom stereocenters. The molecule has 0 aromatic carbocycles. The molecule has 0 aliphatic carbocycles. The molecule has 0 radical (unpaired) electrons. The Morgan fingerprint density at radius 2 is 2.35 bits per heavy atom. The number of amides is 1. The molecule has 1 fully saturated rings. The van der Waals surface area contributed by atoms with Gasteiger partial charge in [0, 0.05) is 24.3 Å². The summed E-state index contributed by atoms with van der Waals surface area (Å²) in [5, 5.41) is 3.42. The van der Waals surface area contributed by atoms with Crippen molar-refractivity contribution in [2.24, 2.45) is 5.73 Å². The van der Waals surface area contributed by atoms with Gasteiger partial charge in [-0.2, -0.15) is 0 Å². The lowest BCUT2D eigenvalue weighted by Gasteiger charge is -2.31. The minimum Gasteiger partial charge on any atom is -0.381 e. The molecule has 3 N–H and O–H groups in total. The first kappa shape index (κ1) is 12.5. The summed E-state index contributed by atoms with van der Waals surface area (Å²) in [6, 6.07) is 0. The first-order valence-electron chi connectivity index (χ1n) is 5.77. The van der Waals surface area contributed by atoms with E-state index in [9.17, 15) is 4.79 Å². The number of rotatable bonds is 3. The molecule has 94 valence electrons. The summed E-state index contributed by atoms with van der Waals surface area (Å²) in [5.74, 6) is -0.155. The number of anilines is 1. The number of ether oxygens (including phenoxy) is 1. The van der Waals surface area contributed by atoms with Gasteiger partial charge in [-0.15, -0.1) is 11.3 Å². The van der Waals surface area contributed by atoms with Crippen molar-refractivity contribution in [3.05, 3.63) is 11.1 Å². The van der Waals surface area contributed by atoms with E-state index in [1.165, 1.54) is 11.3 Å². The second-order valence-electron chi connectivity index (χ2n) is 4.21. The van der Waals surface area contributed by atoms with E-state index in [0.29, 0.717) is 31.2 Å². The Labute approximate surface area is 104 Å². The van der Waals surface area contributed by atoms with E-state index < -0.39 is 5.54 Å². The van der Waals surface area contributed by atoms with Gasteiger partial charge in [-0.05, 0) is 19.3 Å². The molecule has 0 spiro atoms. The second-order valence-corrected chi connectivity index (χ2v) is 5.32. The van der Waals surface area contributed by atoms with Crippen molar-refractivity contribution in [1.29, 1.82) is 0 Å². The van der Waals surface area contributed by atoms with E-state index in [1.54, 1.807) is 6.20 Å². The molecule has 5 nitrogen and oxygen atoms in total. The summed E-state index contributed by atoms with van der Waals surface area (Å²) in [5.41, 5.74) is 5.27. The molecule has 1 aromatic rings. The molecule has 1 aromatic heterocycles. The fourth-order valence-corrected chi connectivity index (χ4v) is 2.46. The third-order valence-corrected chi connectivity index (χ3v) is 4.02. The summed E-state index contributed by atoms with van der Waals surface area (Å²) in [7, 11) is 0. The van der Waals surface area contributed by atoms with E-state index in [-0.39, 0.29) is 5.91 Å². The maximum atomic E-state index is 12.1. The van der Waals surface area contributed by atoms with Crippen molar-refractivity contribution in [3.8, 4) is 0 Å². The van der Waals surface area contributed by atoms with Crippen molar-refractivity contribution >= 4 is 22.4 Å². The molecular formula is C11H17N3O2S. The summed E-state index contributed by atoms with van der Waals surface area (Å²) in [6.07, 6.45) is 3.83. The van der Waals surface area contributed by atoms with Crippen LogP contribution in [0.15, 0.2) is 6.20 Å². The van der Waals surface area contributed by atoms with Crippen LogP contribution < -0.4 is 11.1 Å². The van der Waals surface area contributed by atoms with E-state index in [1.807, 2.05) is 0 Å². The third-order valence-electron chi connectivity index (χ3n) is 2.96. The van der Waals surface area contributed by atoms with E-state index in [4.69, 9.17) is 10.5 Å². The summed E-state index contributed by atoms with van der Waals surface area (Å²) >= 11 is 1.49. The molecule has 0 bridgehead atoms. The summed E-state index contributed by atoms with van der Waals surface area (Å²) in [4.78, 5) is 17.4. The Bertz CT molecular complexity index is 399. The van der Waals surface area contributed by atoms with Crippen LogP contribution in [-0.4, -0.2) is 29.6 Å². The van der Waals surface area contributed by atoms with Crippen LogP contribution in [0.2, 0.25) is 0 Å². The number of nitrogens with zero attached hydrogens (tertiary/aromatic N) is 1. The molecular weight excluding hydrogens is 238 g/mol. The number of nitrogens with two attached hydrogens (primary N) is 1. The monoisotopic (exact) mass is 255 g/mol. The molecule has 1 saturated heterocycles. The molecule has 1 aliphatic heterocycles. The van der Waals surface area contributed by atoms with Crippen LogP contribution in [0.25, 0.3) is 0 Å². The lowest BCUT2D eigenvalue weighted by molar-refractivity contribution is -0.124. The fraction of sp³-hybridized carbons (Fsp3) is 0.636. The number of carbonyl (C=O) groups is 1. The van der Waals surface area contributed by atoms with Crippen molar-refractivity contribution < 1.29 is 9.53 Å².